The quantitative estimate of drug-likeness (QED) is 0.780. The minimum absolute atomic E-state index is 0.0948. The van der Waals surface area contributed by atoms with Crippen molar-refractivity contribution in [1.29, 1.82) is 0 Å². The van der Waals surface area contributed by atoms with Crippen molar-refractivity contribution in [2.24, 2.45) is 0 Å². The van der Waals surface area contributed by atoms with Gasteiger partial charge in [-0.15, -0.1) is 0 Å². The number of ether oxygens (including phenoxy) is 1. The lowest BCUT2D eigenvalue weighted by Gasteiger charge is -2.20. The number of hydrogen-bond acceptors (Lipinski definition) is 4. The van der Waals surface area contributed by atoms with Crippen molar-refractivity contribution in [1.82, 2.24) is 10.6 Å². The molecule has 1 fully saturated rings. The lowest BCUT2D eigenvalue weighted by molar-refractivity contribution is -0.145. The lowest BCUT2D eigenvalue weighted by Crippen LogP contribution is -2.50. The van der Waals surface area contributed by atoms with E-state index in [-0.39, 0.29) is 18.7 Å². The monoisotopic (exact) mass is 358 g/mol. The predicted octanol–water partition coefficient (Wildman–Crippen LogP) is 1.47. The Morgan fingerprint density at radius 2 is 2.04 bits per heavy atom. The number of nitrogens with one attached hydrogen (secondary N) is 2. The zero-order valence-electron chi connectivity index (χ0n) is 12.4. The van der Waals surface area contributed by atoms with Gasteiger partial charge in [0.25, 0.3) is 0 Å². The van der Waals surface area contributed by atoms with Crippen LogP contribution in [0.2, 0.25) is 10.0 Å². The van der Waals surface area contributed by atoms with Crippen molar-refractivity contribution in [3.8, 4) is 0 Å². The highest BCUT2D eigenvalue weighted by Crippen LogP contribution is 2.25. The van der Waals surface area contributed by atoms with Crippen molar-refractivity contribution in [2.75, 3.05) is 7.11 Å². The van der Waals surface area contributed by atoms with E-state index in [2.05, 4.69) is 10.6 Å². The van der Waals surface area contributed by atoms with Gasteiger partial charge in [-0.25, -0.2) is 4.79 Å². The summed E-state index contributed by atoms with van der Waals surface area (Å²) in [6, 6.07) is 3.40. The maximum Gasteiger partial charge on any atom is 0.328 e. The van der Waals surface area contributed by atoms with E-state index in [4.69, 9.17) is 27.9 Å². The molecule has 0 bridgehead atoms. The molecule has 1 aromatic carbocycles. The fourth-order valence-electron chi connectivity index (χ4n) is 2.35. The molecule has 2 amide bonds. The summed E-state index contributed by atoms with van der Waals surface area (Å²) in [5.74, 6) is -1.23. The molecule has 2 N–H and O–H groups in total. The highest BCUT2D eigenvalue weighted by molar-refractivity contribution is 6.36. The molecule has 1 aliphatic rings. The van der Waals surface area contributed by atoms with E-state index in [0.717, 1.165) is 0 Å². The van der Waals surface area contributed by atoms with E-state index in [0.29, 0.717) is 22.0 Å². The Bertz CT molecular complexity index is 616. The van der Waals surface area contributed by atoms with Crippen LogP contribution >= 0.6 is 23.2 Å². The molecule has 0 aromatic heterocycles. The fraction of sp³-hybridized carbons (Fsp3) is 0.400. The molecule has 0 unspecified atom stereocenters. The first-order valence-corrected chi connectivity index (χ1v) is 7.78. The Hall–Kier alpha value is -1.79. The molecule has 2 atom stereocenters. The second-order valence-corrected chi connectivity index (χ2v) is 5.96. The standard InChI is InChI=1S/C15H16Cl2N2O4/c1-23-15(22)12(7-8-9(16)3-2-4-10(8)17)19-14(21)11-5-6-13(20)18-11/h2-4,11-12H,5-7H2,1H3,(H,18,20)(H,19,21)/t11-,12+/m0/s1. The van der Waals surface area contributed by atoms with Crippen molar-refractivity contribution in [3.63, 3.8) is 0 Å². The number of carbonyl (C=O) groups excluding carboxylic acids is 3. The van der Waals surface area contributed by atoms with E-state index in [9.17, 15) is 14.4 Å². The topological polar surface area (TPSA) is 84.5 Å². The van der Waals surface area contributed by atoms with E-state index in [1.807, 2.05) is 0 Å². The number of esters is 1. The molecule has 2 rings (SSSR count). The van der Waals surface area contributed by atoms with Gasteiger partial charge in [0, 0.05) is 22.9 Å². The molecule has 0 radical (unpaired) electrons. The molecular formula is C15H16Cl2N2O4. The second kappa shape index (κ2) is 7.66. The highest BCUT2D eigenvalue weighted by Gasteiger charge is 2.31. The van der Waals surface area contributed by atoms with Gasteiger partial charge in [0.05, 0.1) is 7.11 Å². The second-order valence-electron chi connectivity index (χ2n) is 5.15. The Labute approximate surface area is 143 Å². The van der Waals surface area contributed by atoms with E-state index >= 15 is 0 Å². The smallest absolute Gasteiger partial charge is 0.328 e. The fourth-order valence-corrected chi connectivity index (χ4v) is 2.90. The summed E-state index contributed by atoms with van der Waals surface area (Å²) < 4.78 is 4.72. The van der Waals surface area contributed by atoms with Crippen LogP contribution in [0.3, 0.4) is 0 Å². The third-order valence-corrected chi connectivity index (χ3v) is 4.29. The van der Waals surface area contributed by atoms with Crippen LogP contribution in [0, 0.1) is 0 Å². The summed E-state index contributed by atoms with van der Waals surface area (Å²) in [6.07, 6.45) is 0.778. The normalized spacial score (nSPS) is 18.2. The lowest BCUT2D eigenvalue weighted by atomic mass is 10.0. The van der Waals surface area contributed by atoms with Crippen molar-refractivity contribution in [3.05, 3.63) is 33.8 Å². The summed E-state index contributed by atoms with van der Waals surface area (Å²) in [5, 5.41) is 5.93. The SMILES string of the molecule is COC(=O)[C@@H](Cc1c(Cl)cccc1Cl)NC(=O)[C@@H]1CCC(=O)N1. The Morgan fingerprint density at radius 3 is 2.57 bits per heavy atom. The van der Waals surface area contributed by atoms with Crippen LogP contribution in [0.1, 0.15) is 18.4 Å². The zero-order chi connectivity index (χ0) is 17.0. The first-order valence-electron chi connectivity index (χ1n) is 7.03. The van der Waals surface area contributed by atoms with Crippen LogP contribution in [0.15, 0.2) is 18.2 Å². The summed E-state index contributed by atoms with van der Waals surface area (Å²) in [4.78, 5) is 35.3. The molecule has 0 spiro atoms. The summed E-state index contributed by atoms with van der Waals surface area (Å²) in [7, 11) is 1.23. The first kappa shape index (κ1) is 17.6. The molecule has 1 aliphatic heterocycles. The Kier molecular flexibility index (Phi) is 5.85. The van der Waals surface area contributed by atoms with Crippen molar-refractivity contribution >= 4 is 41.0 Å². The molecule has 1 saturated heterocycles. The van der Waals surface area contributed by atoms with E-state index in [1.54, 1.807) is 18.2 Å². The number of carbonyl (C=O) groups is 3. The average molecular weight is 359 g/mol. The molecular weight excluding hydrogens is 343 g/mol. The summed E-state index contributed by atoms with van der Waals surface area (Å²) in [5.41, 5.74) is 0.544. The van der Waals surface area contributed by atoms with Crippen LogP contribution in [0.4, 0.5) is 0 Å². The van der Waals surface area contributed by atoms with Gasteiger partial charge in [-0.3, -0.25) is 9.59 Å². The number of rotatable bonds is 5. The molecule has 0 saturated carbocycles. The zero-order valence-corrected chi connectivity index (χ0v) is 13.9. The van der Waals surface area contributed by atoms with Gasteiger partial charge in [0.2, 0.25) is 11.8 Å². The van der Waals surface area contributed by atoms with Crippen molar-refractivity contribution in [2.45, 2.75) is 31.3 Å². The van der Waals surface area contributed by atoms with Gasteiger partial charge in [-0.05, 0) is 24.1 Å². The molecule has 1 heterocycles. The third kappa shape index (κ3) is 4.36. The number of methoxy groups -OCH3 is 1. The molecule has 1 aromatic rings. The number of amides is 2. The van der Waals surface area contributed by atoms with Crippen molar-refractivity contribution < 1.29 is 19.1 Å². The Balaban J connectivity index is 2.13. The summed E-state index contributed by atoms with van der Waals surface area (Å²) >= 11 is 12.2. The molecule has 8 heteroatoms. The molecule has 124 valence electrons. The van der Waals surface area contributed by atoms with Crippen LogP contribution in [-0.4, -0.2) is 37.0 Å². The van der Waals surface area contributed by atoms with Gasteiger partial charge < -0.3 is 15.4 Å². The molecule has 0 aliphatic carbocycles. The maximum atomic E-state index is 12.2. The molecule has 23 heavy (non-hydrogen) atoms. The third-order valence-electron chi connectivity index (χ3n) is 3.58. The van der Waals surface area contributed by atoms with Crippen LogP contribution in [0.5, 0.6) is 0 Å². The maximum absolute atomic E-state index is 12.2. The first-order chi connectivity index (χ1) is 10.9. The van der Waals surface area contributed by atoms with E-state index < -0.39 is 24.0 Å². The Morgan fingerprint density at radius 1 is 1.39 bits per heavy atom. The van der Waals surface area contributed by atoms with Gasteiger partial charge in [0.15, 0.2) is 0 Å². The number of halogens is 2. The number of benzene rings is 1. The minimum atomic E-state index is -0.942. The van der Waals surface area contributed by atoms with E-state index in [1.165, 1.54) is 7.11 Å². The van der Waals surface area contributed by atoms with Crippen LogP contribution < -0.4 is 10.6 Å². The van der Waals surface area contributed by atoms with Gasteiger partial charge >= 0.3 is 5.97 Å². The van der Waals surface area contributed by atoms with Crippen LogP contribution in [0.25, 0.3) is 0 Å². The highest BCUT2D eigenvalue weighted by atomic mass is 35.5. The number of hydrogen-bond donors (Lipinski definition) is 2. The predicted molar refractivity (Wildman–Crippen MR) is 85.3 cm³/mol. The van der Waals surface area contributed by atoms with Gasteiger partial charge in [-0.1, -0.05) is 29.3 Å². The summed E-state index contributed by atoms with van der Waals surface area (Å²) in [6.45, 7) is 0. The molecule has 6 nitrogen and oxygen atoms in total. The minimum Gasteiger partial charge on any atom is -0.467 e. The van der Waals surface area contributed by atoms with Gasteiger partial charge in [-0.2, -0.15) is 0 Å². The average Bonchev–Trinajstić information content (AvgIpc) is 2.95. The van der Waals surface area contributed by atoms with Gasteiger partial charge in [0.1, 0.15) is 12.1 Å². The largest absolute Gasteiger partial charge is 0.467 e. The van der Waals surface area contributed by atoms with Crippen LogP contribution in [-0.2, 0) is 25.5 Å².